The van der Waals surface area contributed by atoms with E-state index in [4.69, 9.17) is 5.11 Å². The second kappa shape index (κ2) is 5.96. The molecule has 94 valence electrons. The monoisotopic (exact) mass is 228 g/mol. The second-order valence-corrected chi connectivity index (χ2v) is 5.02. The number of rotatable bonds is 3. The van der Waals surface area contributed by atoms with Crippen LogP contribution in [0.4, 0.5) is 0 Å². The Balaban J connectivity index is 1.79. The molecule has 1 aliphatic heterocycles. The molecule has 0 aromatic heterocycles. The summed E-state index contributed by atoms with van der Waals surface area (Å²) in [6.07, 6.45) is 4.46. The summed E-state index contributed by atoms with van der Waals surface area (Å²) in [5, 5.41) is 18.9. The fraction of sp³-hybridized carbons (Fsp3) is 1.00. The van der Waals surface area contributed by atoms with Gasteiger partial charge in [-0.3, -0.25) is 9.80 Å². The molecule has 16 heavy (non-hydrogen) atoms. The van der Waals surface area contributed by atoms with Crippen molar-refractivity contribution in [3.05, 3.63) is 0 Å². The molecule has 0 aromatic carbocycles. The van der Waals surface area contributed by atoms with Crippen LogP contribution >= 0.6 is 0 Å². The van der Waals surface area contributed by atoms with E-state index >= 15 is 0 Å². The van der Waals surface area contributed by atoms with Crippen LogP contribution in [0.1, 0.15) is 25.7 Å². The highest BCUT2D eigenvalue weighted by Gasteiger charge is 2.30. The third-order valence-corrected chi connectivity index (χ3v) is 3.99. The van der Waals surface area contributed by atoms with E-state index in [2.05, 4.69) is 9.80 Å². The molecule has 2 N–H and O–H groups in total. The summed E-state index contributed by atoms with van der Waals surface area (Å²) >= 11 is 0. The first kappa shape index (κ1) is 12.3. The summed E-state index contributed by atoms with van der Waals surface area (Å²) in [6.45, 7) is 5.20. The Kier molecular flexibility index (Phi) is 4.58. The van der Waals surface area contributed by atoms with Crippen molar-refractivity contribution in [2.24, 2.45) is 0 Å². The molecule has 0 bridgehead atoms. The largest absolute Gasteiger partial charge is 0.395 e. The van der Waals surface area contributed by atoms with Crippen LogP contribution in [0.3, 0.4) is 0 Å². The van der Waals surface area contributed by atoms with Gasteiger partial charge in [-0.05, 0) is 12.8 Å². The number of aliphatic hydroxyl groups excluding tert-OH is 2. The number of β-amino-alcohol motifs (C(OH)–C–C–N with tert-alkyl or cyclic N) is 1. The minimum absolute atomic E-state index is 0.113. The normalized spacial score (nSPS) is 34.1. The molecule has 1 aliphatic carbocycles. The van der Waals surface area contributed by atoms with E-state index in [9.17, 15) is 5.11 Å². The minimum atomic E-state index is -0.113. The molecule has 1 saturated heterocycles. The lowest BCUT2D eigenvalue weighted by Crippen LogP contribution is -2.54. The van der Waals surface area contributed by atoms with Gasteiger partial charge in [0.2, 0.25) is 0 Å². The van der Waals surface area contributed by atoms with Crippen molar-refractivity contribution in [1.29, 1.82) is 0 Å². The molecule has 2 unspecified atom stereocenters. The van der Waals surface area contributed by atoms with Crippen molar-refractivity contribution in [2.75, 3.05) is 39.3 Å². The Bertz CT molecular complexity index is 205. The molecule has 1 saturated carbocycles. The van der Waals surface area contributed by atoms with Gasteiger partial charge in [-0.1, -0.05) is 12.8 Å². The van der Waals surface area contributed by atoms with Crippen LogP contribution in [-0.2, 0) is 0 Å². The van der Waals surface area contributed by atoms with Crippen LogP contribution < -0.4 is 0 Å². The highest BCUT2D eigenvalue weighted by molar-refractivity contribution is 4.86. The molecule has 4 nitrogen and oxygen atoms in total. The molecule has 0 aromatic rings. The summed E-state index contributed by atoms with van der Waals surface area (Å²) in [7, 11) is 0. The number of piperazine rings is 1. The molecule has 1 heterocycles. The lowest BCUT2D eigenvalue weighted by atomic mass is 9.91. The lowest BCUT2D eigenvalue weighted by molar-refractivity contribution is -0.00543. The van der Waals surface area contributed by atoms with Crippen molar-refractivity contribution >= 4 is 0 Å². The molecule has 0 amide bonds. The van der Waals surface area contributed by atoms with Crippen LogP contribution in [0.2, 0.25) is 0 Å². The van der Waals surface area contributed by atoms with Gasteiger partial charge in [-0.25, -0.2) is 0 Å². The van der Waals surface area contributed by atoms with Gasteiger partial charge in [0, 0.05) is 38.8 Å². The predicted molar refractivity (Wildman–Crippen MR) is 63.4 cm³/mol. The zero-order valence-corrected chi connectivity index (χ0v) is 10.0. The molecule has 2 rings (SSSR count). The second-order valence-electron chi connectivity index (χ2n) is 5.02. The zero-order valence-electron chi connectivity index (χ0n) is 10.0. The van der Waals surface area contributed by atoms with Crippen LogP contribution in [-0.4, -0.2) is 71.5 Å². The fourth-order valence-corrected chi connectivity index (χ4v) is 2.98. The SMILES string of the molecule is OCCN1CCN(C2CCCCC2O)CC1. The number of hydrogen-bond donors (Lipinski definition) is 2. The Morgan fingerprint density at radius 3 is 2.31 bits per heavy atom. The fourth-order valence-electron chi connectivity index (χ4n) is 2.98. The van der Waals surface area contributed by atoms with Gasteiger partial charge in [-0.15, -0.1) is 0 Å². The van der Waals surface area contributed by atoms with Gasteiger partial charge < -0.3 is 10.2 Å². The van der Waals surface area contributed by atoms with Gasteiger partial charge in [0.25, 0.3) is 0 Å². The van der Waals surface area contributed by atoms with Crippen molar-refractivity contribution < 1.29 is 10.2 Å². The molecular weight excluding hydrogens is 204 g/mol. The van der Waals surface area contributed by atoms with E-state index in [-0.39, 0.29) is 12.7 Å². The van der Waals surface area contributed by atoms with Crippen molar-refractivity contribution in [2.45, 2.75) is 37.8 Å². The third-order valence-electron chi connectivity index (χ3n) is 3.99. The lowest BCUT2D eigenvalue weighted by Gasteiger charge is -2.42. The molecule has 2 atom stereocenters. The van der Waals surface area contributed by atoms with E-state index in [1.165, 1.54) is 12.8 Å². The standard InChI is InChI=1S/C12H24N2O2/c15-10-9-13-5-7-14(8-6-13)11-3-1-2-4-12(11)16/h11-12,15-16H,1-10H2. The van der Waals surface area contributed by atoms with Crippen LogP contribution in [0.25, 0.3) is 0 Å². The van der Waals surface area contributed by atoms with E-state index < -0.39 is 0 Å². The molecule has 4 heteroatoms. The Hall–Kier alpha value is -0.160. The van der Waals surface area contributed by atoms with E-state index in [0.717, 1.165) is 45.6 Å². The Labute approximate surface area is 97.9 Å². The first-order valence-corrected chi connectivity index (χ1v) is 6.56. The van der Waals surface area contributed by atoms with Gasteiger partial charge in [0.1, 0.15) is 0 Å². The van der Waals surface area contributed by atoms with Crippen LogP contribution in [0.5, 0.6) is 0 Å². The summed E-state index contributed by atoms with van der Waals surface area (Å²) in [5.41, 5.74) is 0. The van der Waals surface area contributed by atoms with Gasteiger partial charge >= 0.3 is 0 Å². The van der Waals surface area contributed by atoms with Crippen molar-refractivity contribution in [1.82, 2.24) is 9.80 Å². The van der Waals surface area contributed by atoms with E-state index in [1.807, 2.05) is 0 Å². The summed E-state index contributed by atoms with van der Waals surface area (Å²) in [5.74, 6) is 0. The minimum Gasteiger partial charge on any atom is -0.395 e. The van der Waals surface area contributed by atoms with Crippen molar-refractivity contribution in [3.8, 4) is 0 Å². The number of nitrogens with zero attached hydrogens (tertiary/aromatic N) is 2. The third kappa shape index (κ3) is 2.94. The highest BCUT2D eigenvalue weighted by atomic mass is 16.3. The van der Waals surface area contributed by atoms with Gasteiger partial charge in [-0.2, -0.15) is 0 Å². The predicted octanol–water partition coefficient (Wildman–Crippen LogP) is -0.100. The quantitative estimate of drug-likeness (QED) is 0.708. The maximum absolute atomic E-state index is 10.00. The molecule has 0 spiro atoms. The van der Waals surface area contributed by atoms with Crippen LogP contribution in [0, 0.1) is 0 Å². The number of aliphatic hydroxyl groups is 2. The first-order valence-electron chi connectivity index (χ1n) is 6.56. The average Bonchev–Trinajstić information content (AvgIpc) is 2.31. The smallest absolute Gasteiger partial charge is 0.0695 e. The summed E-state index contributed by atoms with van der Waals surface area (Å²) in [6, 6.07) is 0.394. The van der Waals surface area contributed by atoms with E-state index in [0.29, 0.717) is 6.04 Å². The maximum atomic E-state index is 10.00. The molecule has 2 fully saturated rings. The highest BCUT2D eigenvalue weighted by Crippen LogP contribution is 2.24. The topological polar surface area (TPSA) is 46.9 Å². The van der Waals surface area contributed by atoms with Gasteiger partial charge in [0.15, 0.2) is 0 Å². The maximum Gasteiger partial charge on any atom is 0.0695 e. The number of hydrogen-bond acceptors (Lipinski definition) is 4. The van der Waals surface area contributed by atoms with Gasteiger partial charge in [0.05, 0.1) is 12.7 Å². The van der Waals surface area contributed by atoms with E-state index in [1.54, 1.807) is 0 Å². The first-order chi connectivity index (χ1) is 7.81. The average molecular weight is 228 g/mol. The zero-order chi connectivity index (χ0) is 11.4. The summed E-state index contributed by atoms with van der Waals surface area (Å²) in [4.78, 5) is 4.74. The summed E-state index contributed by atoms with van der Waals surface area (Å²) < 4.78 is 0. The Morgan fingerprint density at radius 1 is 1.00 bits per heavy atom. The molecule has 0 radical (unpaired) electrons. The van der Waals surface area contributed by atoms with Crippen LogP contribution in [0.15, 0.2) is 0 Å². The molecule has 2 aliphatic rings. The van der Waals surface area contributed by atoms with Crippen molar-refractivity contribution in [3.63, 3.8) is 0 Å². The Morgan fingerprint density at radius 2 is 1.69 bits per heavy atom. The molecular formula is C12H24N2O2.